The first-order valence-corrected chi connectivity index (χ1v) is 13.9. The summed E-state index contributed by atoms with van der Waals surface area (Å²) in [5.41, 5.74) is 0. The molecule has 7 heteroatoms. The van der Waals surface area contributed by atoms with Crippen molar-refractivity contribution in [2.24, 2.45) is 0 Å². The molecule has 0 aliphatic carbocycles. The summed E-state index contributed by atoms with van der Waals surface area (Å²) >= 11 is 0. The summed E-state index contributed by atoms with van der Waals surface area (Å²) in [5.74, 6) is 0. The molecule has 1 fully saturated rings. The summed E-state index contributed by atoms with van der Waals surface area (Å²) in [6.07, 6.45) is 0. The zero-order valence-electron chi connectivity index (χ0n) is 16.6. The molecule has 0 bridgehead atoms. The van der Waals surface area contributed by atoms with Crippen LogP contribution in [0.5, 0.6) is 0 Å². The summed E-state index contributed by atoms with van der Waals surface area (Å²) in [7, 11) is 0.176. The largest absolute Gasteiger partial charge is 0.413 e. The van der Waals surface area contributed by atoms with E-state index in [2.05, 4.69) is 36.4 Å². The standard InChI is InChI=1S/C18H18O3Si3.C3H9N/c1-4-10-16(11-5-1)22-19-23(17-12-6-2-7-13-17)21-24(20-22)18-14-8-3-9-15-18;1-4(2)3/h1-15,22-24H;1-3H3. The molecule has 1 saturated heterocycles. The minimum absolute atomic E-state index is 1.18. The Hall–Kier alpha value is -1.85. The smallest absolute Gasteiger partial charge is 0.338 e. The van der Waals surface area contributed by atoms with Crippen LogP contribution in [-0.4, -0.2) is 53.9 Å². The first kappa shape index (κ1) is 20.9. The first-order valence-electron chi connectivity index (χ1n) is 9.35. The number of rotatable bonds is 3. The predicted octanol–water partition coefficient (Wildman–Crippen LogP) is 0.611. The quantitative estimate of drug-likeness (QED) is 0.576. The van der Waals surface area contributed by atoms with Crippen molar-refractivity contribution in [1.82, 2.24) is 4.90 Å². The second-order valence-corrected chi connectivity index (χ2v) is 14.2. The molecule has 0 aromatic heterocycles. The summed E-state index contributed by atoms with van der Waals surface area (Å²) in [5, 5.41) is 3.55. The van der Waals surface area contributed by atoms with Crippen LogP contribution in [0.4, 0.5) is 0 Å². The second-order valence-electron chi connectivity index (χ2n) is 6.98. The van der Waals surface area contributed by atoms with Crippen molar-refractivity contribution in [3.8, 4) is 0 Å². The van der Waals surface area contributed by atoms with E-state index in [-0.39, 0.29) is 0 Å². The van der Waals surface area contributed by atoms with E-state index in [1.807, 2.05) is 80.6 Å². The highest BCUT2D eigenvalue weighted by molar-refractivity contribution is 6.87. The molecule has 0 saturated carbocycles. The molecule has 3 aromatic rings. The lowest BCUT2D eigenvalue weighted by atomic mass is 10.4. The van der Waals surface area contributed by atoms with Gasteiger partial charge in [-0.1, -0.05) is 91.0 Å². The van der Waals surface area contributed by atoms with Crippen molar-refractivity contribution < 1.29 is 12.3 Å². The molecule has 1 aliphatic heterocycles. The van der Waals surface area contributed by atoms with E-state index in [1.54, 1.807) is 0 Å². The van der Waals surface area contributed by atoms with Gasteiger partial charge in [-0.2, -0.15) is 0 Å². The van der Waals surface area contributed by atoms with Crippen molar-refractivity contribution in [1.29, 1.82) is 0 Å². The Morgan fingerprint density at radius 3 is 0.893 bits per heavy atom. The monoisotopic (exact) mass is 425 g/mol. The second kappa shape index (κ2) is 10.6. The Morgan fingerprint density at radius 1 is 0.464 bits per heavy atom. The molecule has 0 N–H and O–H groups in total. The fourth-order valence-electron chi connectivity index (χ4n) is 2.73. The van der Waals surface area contributed by atoms with Crippen molar-refractivity contribution >= 4 is 43.4 Å². The lowest BCUT2D eigenvalue weighted by molar-refractivity contribution is 0.308. The van der Waals surface area contributed by atoms with Gasteiger partial charge in [-0.05, 0) is 36.7 Å². The first-order chi connectivity index (χ1) is 13.6. The molecule has 0 spiro atoms. The van der Waals surface area contributed by atoms with Gasteiger partial charge in [0.15, 0.2) is 0 Å². The maximum Gasteiger partial charge on any atom is 0.338 e. The highest BCUT2D eigenvalue weighted by atomic mass is 28.5. The van der Waals surface area contributed by atoms with E-state index < -0.39 is 27.9 Å². The topological polar surface area (TPSA) is 30.9 Å². The van der Waals surface area contributed by atoms with Crippen LogP contribution in [0.1, 0.15) is 0 Å². The average Bonchev–Trinajstić information content (AvgIpc) is 2.75. The van der Waals surface area contributed by atoms with E-state index >= 15 is 0 Å². The summed E-state index contributed by atoms with van der Waals surface area (Å²) in [6.45, 7) is 0. The average molecular weight is 426 g/mol. The molecule has 0 amide bonds. The maximum atomic E-state index is 6.38. The third kappa shape index (κ3) is 6.08. The lowest BCUT2D eigenvalue weighted by Gasteiger charge is -2.34. The molecule has 3 aromatic carbocycles. The number of benzene rings is 3. The van der Waals surface area contributed by atoms with Crippen LogP contribution in [0.15, 0.2) is 91.0 Å². The SMILES string of the molecule is CN(C)C.c1ccc([SiH]2O[SiH](c3ccccc3)O[SiH](c3ccccc3)O2)cc1. The van der Waals surface area contributed by atoms with E-state index in [0.29, 0.717) is 0 Å². The van der Waals surface area contributed by atoms with Crippen LogP contribution >= 0.6 is 0 Å². The highest BCUT2D eigenvalue weighted by Gasteiger charge is 2.37. The molecule has 1 heterocycles. The van der Waals surface area contributed by atoms with Gasteiger partial charge in [0.05, 0.1) is 0 Å². The van der Waals surface area contributed by atoms with Gasteiger partial charge in [0.2, 0.25) is 0 Å². The third-order valence-corrected chi connectivity index (χ3v) is 12.7. The van der Waals surface area contributed by atoms with Gasteiger partial charge < -0.3 is 17.2 Å². The van der Waals surface area contributed by atoms with Gasteiger partial charge >= 0.3 is 27.9 Å². The number of hydrogen-bond donors (Lipinski definition) is 0. The van der Waals surface area contributed by atoms with E-state index in [9.17, 15) is 0 Å². The Labute approximate surface area is 172 Å². The minimum atomic E-state index is -1.94. The zero-order chi connectivity index (χ0) is 19.8. The molecule has 4 nitrogen and oxygen atoms in total. The third-order valence-electron chi connectivity index (χ3n) is 3.96. The summed E-state index contributed by atoms with van der Waals surface area (Å²) in [6, 6.07) is 31.0. The van der Waals surface area contributed by atoms with Gasteiger partial charge in [0.1, 0.15) is 0 Å². The van der Waals surface area contributed by atoms with Crippen molar-refractivity contribution in [2.45, 2.75) is 0 Å². The van der Waals surface area contributed by atoms with E-state index in [0.717, 1.165) is 0 Å². The van der Waals surface area contributed by atoms with Crippen molar-refractivity contribution in [3.05, 3.63) is 91.0 Å². The van der Waals surface area contributed by atoms with Crippen LogP contribution in [0, 0.1) is 0 Å². The van der Waals surface area contributed by atoms with Gasteiger partial charge in [0, 0.05) is 0 Å². The maximum absolute atomic E-state index is 6.38. The van der Waals surface area contributed by atoms with Gasteiger partial charge in [0.25, 0.3) is 0 Å². The fourth-order valence-corrected chi connectivity index (χ4v) is 13.3. The predicted molar refractivity (Wildman–Crippen MR) is 123 cm³/mol. The molecule has 1 aliphatic rings. The molecular weight excluding hydrogens is 398 g/mol. The summed E-state index contributed by atoms with van der Waals surface area (Å²) in [4.78, 5) is 2.00. The zero-order valence-corrected chi connectivity index (χ0v) is 20.0. The molecule has 0 radical (unpaired) electrons. The van der Waals surface area contributed by atoms with Crippen LogP contribution < -0.4 is 15.6 Å². The Bertz CT molecular complexity index is 705. The number of nitrogens with zero attached hydrogens (tertiary/aromatic N) is 1. The van der Waals surface area contributed by atoms with Crippen molar-refractivity contribution in [2.75, 3.05) is 21.1 Å². The van der Waals surface area contributed by atoms with E-state index in [4.69, 9.17) is 12.3 Å². The highest BCUT2D eigenvalue weighted by Crippen LogP contribution is 2.10. The van der Waals surface area contributed by atoms with Gasteiger partial charge in [-0.15, -0.1) is 0 Å². The molecule has 0 atom stereocenters. The fraction of sp³-hybridized carbons (Fsp3) is 0.143. The molecule has 4 rings (SSSR count). The van der Waals surface area contributed by atoms with E-state index in [1.165, 1.54) is 15.6 Å². The number of hydrogen-bond acceptors (Lipinski definition) is 4. The lowest BCUT2D eigenvalue weighted by Crippen LogP contribution is -2.61. The minimum Gasteiger partial charge on any atom is -0.413 e. The molecule has 146 valence electrons. The normalized spacial score (nSPS) is 21.6. The van der Waals surface area contributed by atoms with Crippen LogP contribution in [0.25, 0.3) is 0 Å². The van der Waals surface area contributed by atoms with Crippen LogP contribution in [-0.2, 0) is 12.3 Å². The summed E-state index contributed by atoms with van der Waals surface area (Å²) < 4.78 is 19.1. The molecule has 0 unspecified atom stereocenters. The van der Waals surface area contributed by atoms with Crippen molar-refractivity contribution in [3.63, 3.8) is 0 Å². The van der Waals surface area contributed by atoms with Crippen LogP contribution in [0.3, 0.4) is 0 Å². The Kier molecular flexibility index (Phi) is 7.92. The van der Waals surface area contributed by atoms with Gasteiger partial charge in [-0.3, -0.25) is 0 Å². The van der Waals surface area contributed by atoms with Crippen LogP contribution in [0.2, 0.25) is 0 Å². The Morgan fingerprint density at radius 2 is 0.679 bits per heavy atom. The molecule has 28 heavy (non-hydrogen) atoms. The Balaban J connectivity index is 0.000000516. The van der Waals surface area contributed by atoms with Gasteiger partial charge in [-0.25, -0.2) is 0 Å². The molecular formula is C21H27NO3Si3.